The third-order valence-corrected chi connectivity index (χ3v) is 9.16. The van der Waals surface area contributed by atoms with Crippen LogP contribution in [0, 0.1) is 5.92 Å². The smallest absolute Gasteiger partial charge is 0.252 e. The van der Waals surface area contributed by atoms with Crippen LogP contribution in [0.1, 0.15) is 51.4 Å². The lowest BCUT2D eigenvalue weighted by molar-refractivity contribution is -0.126. The number of thiophene rings is 1. The van der Waals surface area contributed by atoms with Crippen molar-refractivity contribution in [3.8, 4) is 0 Å². The van der Waals surface area contributed by atoms with Gasteiger partial charge in [0.05, 0.1) is 3.79 Å². The Balaban J connectivity index is 1.53. The van der Waals surface area contributed by atoms with E-state index in [1.807, 2.05) is 0 Å². The van der Waals surface area contributed by atoms with Gasteiger partial charge >= 0.3 is 0 Å². The van der Waals surface area contributed by atoms with Crippen molar-refractivity contribution in [1.82, 2.24) is 9.62 Å². The molecular formula is C17H25BrN2O3S2. The monoisotopic (exact) mass is 448 g/mol. The number of hydrogen-bond acceptors (Lipinski definition) is 4. The van der Waals surface area contributed by atoms with Crippen molar-refractivity contribution in [2.75, 3.05) is 13.1 Å². The van der Waals surface area contributed by atoms with Gasteiger partial charge in [-0.15, -0.1) is 11.3 Å². The molecule has 2 aliphatic rings. The number of piperidine rings is 1. The predicted octanol–water partition coefficient (Wildman–Crippen LogP) is 3.75. The molecular weight excluding hydrogens is 424 g/mol. The number of halogens is 1. The SMILES string of the molecule is O=C(NC1CCCCCC1)C1CCN(S(=O)(=O)c2ccc(Br)s2)CC1. The Morgan fingerprint density at radius 1 is 1.08 bits per heavy atom. The molecule has 1 aliphatic heterocycles. The second-order valence-corrected chi connectivity index (χ2v) is 11.6. The van der Waals surface area contributed by atoms with Crippen molar-refractivity contribution >= 4 is 43.2 Å². The quantitative estimate of drug-likeness (QED) is 0.712. The van der Waals surface area contributed by atoms with Crippen LogP contribution in [0.3, 0.4) is 0 Å². The summed E-state index contributed by atoms with van der Waals surface area (Å²) in [6.07, 6.45) is 8.27. The fraction of sp³-hybridized carbons (Fsp3) is 0.706. The minimum Gasteiger partial charge on any atom is -0.353 e. The van der Waals surface area contributed by atoms with Gasteiger partial charge in [-0.25, -0.2) is 8.42 Å². The van der Waals surface area contributed by atoms with Crippen LogP contribution in [-0.4, -0.2) is 37.8 Å². The van der Waals surface area contributed by atoms with Crippen LogP contribution in [0.4, 0.5) is 0 Å². The summed E-state index contributed by atoms with van der Waals surface area (Å²) in [5.74, 6) is 0.0487. The molecule has 0 radical (unpaired) electrons. The van der Waals surface area contributed by atoms with E-state index >= 15 is 0 Å². The molecule has 1 aromatic rings. The maximum Gasteiger partial charge on any atom is 0.252 e. The topological polar surface area (TPSA) is 66.5 Å². The summed E-state index contributed by atoms with van der Waals surface area (Å²) in [7, 11) is -3.43. The lowest BCUT2D eigenvalue weighted by Crippen LogP contribution is -2.45. The van der Waals surface area contributed by atoms with Gasteiger partial charge in [0.1, 0.15) is 4.21 Å². The van der Waals surface area contributed by atoms with Crippen LogP contribution >= 0.6 is 27.3 Å². The molecule has 25 heavy (non-hydrogen) atoms. The van der Waals surface area contributed by atoms with E-state index in [1.54, 1.807) is 12.1 Å². The fourth-order valence-electron chi connectivity index (χ4n) is 3.66. The highest BCUT2D eigenvalue weighted by atomic mass is 79.9. The van der Waals surface area contributed by atoms with Crippen molar-refractivity contribution < 1.29 is 13.2 Å². The summed E-state index contributed by atoms with van der Waals surface area (Å²) in [6.45, 7) is 0.835. The van der Waals surface area contributed by atoms with Crippen LogP contribution in [-0.2, 0) is 14.8 Å². The zero-order chi connectivity index (χ0) is 17.9. The highest BCUT2D eigenvalue weighted by Crippen LogP contribution is 2.31. The molecule has 0 aromatic carbocycles. The second kappa shape index (κ2) is 8.50. The van der Waals surface area contributed by atoms with Crippen molar-refractivity contribution in [1.29, 1.82) is 0 Å². The molecule has 5 nitrogen and oxygen atoms in total. The first-order chi connectivity index (χ1) is 12.0. The molecule has 0 spiro atoms. The number of sulfonamides is 1. The second-order valence-electron chi connectivity index (χ2n) is 6.93. The number of carbonyl (C=O) groups excluding carboxylic acids is 1. The molecule has 0 bridgehead atoms. The molecule has 0 atom stereocenters. The summed E-state index contributed by atoms with van der Waals surface area (Å²) >= 11 is 4.54. The molecule has 8 heteroatoms. The Labute approximate surface area is 162 Å². The highest BCUT2D eigenvalue weighted by Gasteiger charge is 2.33. The van der Waals surface area contributed by atoms with E-state index < -0.39 is 10.0 Å². The molecule has 1 N–H and O–H groups in total. The molecule has 0 unspecified atom stereocenters. The summed E-state index contributed by atoms with van der Waals surface area (Å²) < 4.78 is 28.0. The number of amides is 1. The van der Waals surface area contributed by atoms with E-state index in [4.69, 9.17) is 0 Å². The van der Waals surface area contributed by atoms with Gasteiger partial charge in [-0.05, 0) is 53.7 Å². The van der Waals surface area contributed by atoms with E-state index in [0.717, 1.165) is 16.6 Å². The third kappa shape index (κ3) is 4.84. The predicted molar refractivity (Wildman–Crippen MR) is 103 cm³/mol. The number of carbonyl (C=O) groups is 1. The largest absolute Gasteiger partial charge is 0.353 e. The normalized spacial score (nSPS) is 21.8. The molecule has 1 saturated carbocycles. The van der Waals surface area contributed by atoms with E-state index in [9.17, 15) is 13.2 Å². The first-order valence-electron chi connectivity index (χ1n) is 9.02. The van der Waals surface area contributed by atoms with Crippen LogP contribution in [0.2, 0.25) is 0 Å². The van der Waals surface area contributed by atoms with Crippen LogP contribution in [0.15, 0.2) is 20.1 Å². The van der Waals surface area contributed by atoms with E-state index in [1.165, 1.54) is 41.3 Å². The number of nitrogens with zero attached hydrogens (tertiary/aromatic N) is 1. The molecule has 2 heterocycles. The van der Waals surface area contributed by atoms with E-state index in [2.05, 4.69) is 21.2 Å². The number of nitrogens with one attached hydrogen (secondary N) is 1. The Bertz CT molecular complexity index is 689. The lowest BCUT2D eigenvalue weighted by Gasteiger charge is -2.31. The Morgan fingerprint density at radius 3 is 2.28 bits per heavy atom. The first kappa shape index (κ1) is 19.3. The van der Waals surface area contributed by atoms with E-state index in [0.29, 0.717) is 36.2 Å². The van der Waals surface area contributed by atoms with Crippen molar-refractivity contribution in [3.63, 3.8) is 0 Å². The van der Waals surface area contributed by atoms with Gasteiger partial charge in [0.2, 0.25) is 5.91 Å². The Morgan fingerprint density at radius 2 is 1.72 bits per heavy atom. The van der Waals surface area contributed by atoms with Gasteiger partial charge in [-0.2, -0.15) is 4.31 Å². The summed E-state index contributed by atoms with van der Waals surface area (Å²) in [6, 6.07) is 3.69. The van der Waals surface area contributed by atoms with Crippen molar-refractivity contribution in [2.45, 2.75) is 61.6 Å². The average Bonchev–Trinajstić information content (AvgIpc) is 2.89. The summed E-state index contributed by atoms with van der Waals surface area (Å²) in [4.78, 5) is 12.5. The molecule has 140 valence electrons. The van der Waals surface area contributed by atoms with Crippen LogP contribution < -0.4 is 5.32 Å². The van der Waals surface area contributed by atoms with Gasteiger partial charge in [-0.3, -0.25) is 4.79 Å². The van der Waals surface area contributed by atoms with Gasteiger partial charge < -0.3 is 5.32 Å². The van der Waals surface area contributed by atoms with Gasteiger partial charge in [0.25, 0.3) is 10.0 Å². The third-order valence-electron chi connectivity index (χ3n) is 5.17. The van der Waals surface area contributed by atoms with E-state index in [-0.39, 0.29) is 11.8 Å². The first-order valence-corrected chi connectivity index (χ1v) is 12.1. The van der Waals surface area contributed by atoms with Crippen molar-refractivity contribution in [3.05, 3.63) is 15.9 Å². The zero-order valence-electron chi connectivity index (χ0n) is 14.2. The summed E-state index contributed by atoms with van der Waals surface area (Å²) in [5.41, 5.74) is 0. The number of hydrogen-bond donors (Lipinski definition) is 1. The highest BCUT2D eigenvalue weighted by molar-refractivity contribution is 9.11. The fourth-order valence-corrected chi connectivity index (χ4v) is 7.30. The average molecular weight is 449 g/mol. The molecule has 1 amide bonds. The van der Waals surface area contributed by atoms with Crippen LogP contribution in [0.5, 0.6) is 0 Å². The van der Waals surface area contributed by atoms with Gasteiger partial charge in [-0.1, -0.05) is 25.7 Å². The summed E-state index contributed by atoms with van der Waals surface area (Å²) in [5, 5.41) is 3.21. The van der Waals surface area contributed by atoms with Gasteiger partial charge in [0, 0.05) is 25.0 Å². The Kier molecular flexibility index (Phi) is 6.57. The minimum atomic E-state index is -3.43. The molecule has 1 aliphatic carbocycles. The zero-order valence-corrected chi connectivity index (χ0v) is 17.5. The maximum atomic E-state index is 12.6. The van der Waals surface area contributed by atoms with Crippen LogP contribution in [0.25, 0.3) is 0 Å². The standard InChI is InChI=1S/C17H25BrN2O3S2/c18-15-7-8-16(24-15)25(22,23)20-11-9-13(10-12-20)17(21)19-14-5-3-1-2-4-6-14/h7-8,13-14H,1-6,9-12H2,(H,19,21). The Hall–Kier alpha value is -0.440. The van der Waals surface area contributed by atoms with Crippen molar-refractivity contribution in [2.24, 2.45) is 5.92 Å². The maximum absolute atomic E-state index is 12.6. The molecule has 1 aromatic heterocycles. The number of rotatable bonds is 4. The van der Waals surface area contributed by atoms with Gasteiger partial charge in [0.15, 0.2) is 0 Å². The lowest BCUT2D eigenvalue weighted by atomic mass is 9.96. The molecule has 1 saturated heterocycles. The minimum absolute atomic E-state index is 0.0650. The molecule has 3 rings (SSSR count). The molecule has 2 fully saturated rings.